The minimum Gasteiger partial charge on any atom is -0.465 e. The van der Waals surface area contributed by atoms with Gasteiger partial charge in [0.15, 0.2) is 0 Å². The Kier molecular flexibility index (Phi) is 5.04. The zero-order valence-electron chi connectivity index (χ0n) is 17.7. The Bertz CT molecular complexity index is 1260. The van der Waals surface area contributed by atoms with Crippen molar-refractivity contribution < 1.29 is 9.53 Å². The topological polar surface area (TPSA) is 44.1 Å². The summed E-state index contributed by atoms with van der Waals surface area (Å²) >= 11 is 0. The van der Waals surface area contributed by atoms with Crippen molar-refractivity contribution in [2.75, 3.05) is 7.11 Å². The number of imidazole rings is 1. The fourth-order valence-electron chi connectivity index (χ4n) is 4.48. The van der Waals surface area contributed by atoms with Crippen LogP contribution in [0.25, 0.3) is 11.0 Å². The predicted octanol–water partition coefficient (Wildman–Crippen LogP) is 5.66. The lowest BCUT2D eigenvalue weighted by Gasteiger charge is -2.38. The van der Waals surface area contributed by atoms with Crippen molar-refractivity contribution in [2.24, 2.45) is 0 Å². The molecule has 32 heavy (non-hydrogen) atoms. The number of fused-ring (bicyclic) bond motifs is 1. The summed E-state index contributed by atoms with van der Waals surface area (Å²) in [6.07, 6.45) is 1.86. The molecule has 4 nitrogen and oxygen atoms in total. The van der Waals surface area contributed by atoms with Crippen LogP contribution in [0.1, 0.15) is 27.0 Å². The highest BCUT2D eigenvalue weighted by molar-refractivity contribution is 5.93. The zero-order chi connectivity index (χ0) is 22.0. The van der Waals surface area contributed by atoms with Crippen LogP contribution < -0.4 is 0 Å². The van der Waals surface area contributed by atoms with Gasteiger partial charge in [0.1, 0.15) is 5.54 Å². The Morgan fingerprint density at radius 2 is 1.25 bits per heavy atom. The van der Waals surface area contributed by atoms with Gasteiger partial charge in [0.25, 0.3) is 0 Å². The molecule has 156 valence electrons. The van der Waals surface area contributed by atoms with Gasteiger partial charge in [-0.15, -0.1) is 0 Å². The van der Waals surface area contributed by atoms with E-state index in [-0.39, 0.29) is 5.97 Å². The van der Waals surface area contributed by atoms with E-state index in [9.17, 15) is 4.79 Å². The lowest BCUT2D eigenvalue weighted by molar-refractivity contribution is 0.0601. The van der Waals surface area contributed by atoms with Crippen molar-refractivity contribution in [1.82, 2.24) is 9.55 Å². The largest absolute Gasteiger partial charge is 0.465 e. The molecule has 0 unspecified atom stereocenters. The molecule has 4 aromatic carbocycles. The second-order valence-electron chi connectivity index (χ2n) is 7.62. The third-order valence-electron chi connectivity index (χ3n) is 5.90. The molecule has 5 aromatic rings. The summed E-state index contributed by atoms with van der Waals surface area (Å²) < 4.78 is 7.09. The highest BCUT2D eigenvalue weighted by atomic mass is 16.5. The van der Waals surface area contributed by atoms with Crippen LogP contribution in [-0.4, -0.2) is 22.6 Å². The zero-order valence-corrected chi connectivity index (χ0v) is 17.7. The van der Waals surface area contributed by atoms with Crippen molar-refractivity contribution in [3.8, 4) is 0 Å². The summed E-state index contributed by atoms with van der Waals surface area (Å²) in [5.41, 5.74) is 4.85. The van der Waals surface area contributed by atoms with E-state index in [1.54, 1.807) is 12.1 Å². The summed E-state index contributed by atoms with van der Waals surface area (Å²) in [6.45, 7) is 0. The maximum Gasteiger partial charge on any atom is 0.337 e. The molecule has 0 N–H and O–H groups in total. The summed E-state index contributed by atoms with van der Waals surface area (Å²) in [5, 5.41) is 0. The molecule has 1 heterocycles. The van der Waals surface area contributed by atoms with Gasteiger partial charge < -0.3 is 9.30 Å². The van der Waals surface area contributed by atoms with E-state index in [4.69, 9.17) is 9.72 Å². The van der Waals surface area contributed by atoms with Crippen LogP contribution in [-0.2, 0) is 10.3 Å². The average Bonchev–Trinajstić information content (AvgIpc) is 3.30. The van der Waals surface area contributed by atoms with Crippen LogP contribution >= 0.6 is 0 Å². The average molecular weight is 418 g/mol. The molecule has 0 bridgehead atoms. The maximum atomic E-state index is 12.1. The summed E-state index contributed by atoms with van der Waals surface area (Å²) in [6, 6.07) is 36.8. The Morgan fingerprint density at radius 1 is 0.750 bits per heavy atom. The number of nitrogens with zero attached hydrogens (tertiary/aromatic N) is 2. The Hall–Kier alpha value is -4.18. The van der Waals surface area contributed by atoms with E-state index in [0.29, 0.717) is 5.56 Å². The molecule has 4 heteroatoms. The summed E-state index contributed by atoms with van der Waals surface area (Å²) in [4.78, 5) is 16.8. The highest BCUT2D eigenvalue weighted by Gasteiger charge is 2.39. The Morgan fingerprint density at radius 3 is 1.72 bits per heavy atom. The molecule has 0 spiro atoms. The van der Waals surface area contributed by atoms with Crippen LogP contribution in [0.2, 0.25) is 0 Å². The fourth-order valence-corrected chi connectivity index (χ4v) is 4.48. The minimum absolute atomic E-state index is 0.373. The van der Waals surface area contributed by atoms with E-state index in [2.05, 4.69) is 77.4 Å². The number of ether oxygens (including phenoxy) is 1. The third-order valence-corrected chi connectivity index (χ3v) is 5.90. The molecule has 0 saturated heterocycles. The number of methoxy groups -OCH3 is 1. The van der Waals surface area contributed by atoms with Gasteiger partial charge in [-0.05, 0) is 34.9 Å². The second-order valence-corrected chi connectivity index (χ2v) is 7.62. The normalized spacial score (nSPS) is 11.4. The van der Waals surface area contributed by atoms with Crippen molar-refractivity contribution in [1.29, 1.82) is 0 Å². The van der Waals surface area contributed by atoms with Gasteiger partial charge in [-0.3, -0.25) is 0 Å². The Labute approximate surface area is 186 Å². The number of carbonyl (C=O) groups is 1. The summed E-state index contributed by atoms with van der Waals surface area (Å²) in [5.74, 6) is -0.373. The van der Waals surface area contributed by atoms with E-state index in [1.165, 1.54) is 7.11 Å². The third kappa shape index (κ3) is 3.08. The molecule has 0 radical (unpaired) electrons. The van der Waals surface area contributed by atoms with Crippen molar-refractivity contribution in [3.63, 3.8) is 0 Å². The Balaban J connectivity index is 1.88. The fraction of sp³-hybridized carbons (Fsp3) is 0.0714. The molecule has 0 atom stereocenters. The highest BCUT2D eigenvalue weighted by Crippen LogP contribution is 2.42. The number of benzene rings is 4. The molecule has 0 aliphatic rings. The van der Waals surface area contributed by atoms with E-state index in [1.807, 2.05) is 30.6 Å². The number of rotatable bonds is 5. The first-order valence-electron chi connectivity index (χ1n) is 10.5. The quantitative estimate of drug-likeness (QED) is 0.273. The SMILES string of the molecule is COC(=O)c1ccc2c(c1)ncn2C(c1ccccc1)(c1ccccc1)c1ccccc1. The molecule has 0 saturated carbocycles. The van der Waals surface area contributed by atoms with Gasteiger partial charge in [-0.2, -0.15) is 0 Å². The smallest absolute Gasteiger partial charge is 0.337 e. The van der Waals surface area contributed by atoms with E-state index in [0.717, 1.165) is 27.7 Å². The van der Waals surface area contributed by atoms with Crippen LogP contribution in [0.3, 0.4) is 0 Å². The van der Waals surface area contributed by atoms with Crippen LogP contribution in [0.15, 0.2) is 116 Å². The summed E-state index contributed by atoms with van der Waals surface area (Å²) in [7, 11) is 1.39. The van der Waals surface area contributed by atoms with Gasteiger partial charge in [-0.1, -0.05) is 91.0 Å². The standard InChI is InChI=1S/C28H22N2O2/c1-32-27(31)21-17-18-26-25(19-21)29-20-30(26)28(22-11-5-2-6-12-22,23-13-7-3-8-14-23)24-15-9-4-10-16-24/h2-20H,1H3. The van der Waals surface area contributed by atoms with E-state index >= 15 is 0 Å². The van der Waals surface area contributed by atoms with E-state index < -0.39 is 5.54 Å². The maximum absolute atomic E-state index is 12.1. The molecule has 0 amide bonds. The number of aromatic nitrogens is 2. The number of hydrogen-bond donors (Lipinski definition) is 0. The van der Waals surface area contributed by atoms with Gasteiger partial charge in [0.2, 0.25) is 0 Å². The second kappa shape index (κ2) is 8.16. The monoisotopic (exact) mass is 418 g/mol. The number of carbonyl (C=O) groups excluding carboxylic acids is 1. The van der Waals surface area contributed by atoms with Gasteiger partial charge in [0.05, 0.1) is 30.0 Å². The lowest BCUT2D eigenvalue weighted by atomic mass is 9.76. The van der Waals surface area contributed by atoms with Crippen LogP contribution in [0.4, 0.5) is 0 Å². The first kappa shape index (κ1) is 19.8. The number of esters is 1. The van der Waals surface area contributed by atoms with Gasteiger partial charge in [-0.25, -0.2) is 9.78 Å². The molecular formula is C28H22N2O2. The number of hydrogen-bond acceptors (Lipinski definition) is 3. The predicted molar refractivity (Wildman–Crippen MR) is 126 cm³/mol. The van der Waals surface area contributed by atoms with Crippen molar-refractivity contribution in [3.05, 3.63) is 138 Å². The van der Waals surface area contributed by atoms with Crippen LogP contribution in [0, 0.1) is 0 Å². The lowest BCUT2D eigenvalue weighted by Crippen LogP contribution is -2.37. The van der Waals surface area contributed by atoms with Crippen molar-refractivity contribution in [2.45, 2.75) is 5.54 Å². The van der Waals surface area contributed by atoms with Gasteiger partial charge >= 0.3 is 5.97 Å². The minimum atomic E-state index is -0.648. The first-order valence-corrected chi connectivity index (χ1v) is 10.5. The van der Waals surface area contributed by atoms with Gasteiger partial charge in [0, 0.05) is 0 Å². The molecule has 0 fully saturated rings. The first-order chi connectivity index (χ1) is 15.7. The molecule has 1 aromatic heterocycles. The van der Waals surface area contributed by atoms with Crippen LogP contribution in [0.5, 0.6) is 0 Å². The van der Waals surface area contributed by atoms with Crippen molar-refractivity contribution >= 4 is 17.0 Å². The molecule has 0 aliphatic heterocycles. The molecular weight excluding hydrogens is 396 g/mol. The molecule has 0 aliphatic carbocycles. The molecule has 5 rings (SSSR count).